The zero-order chi connectivity index (χ0) is 32.3. The fraction of sp³-hybridized carbons (Fsp3) is 0.500. The second kappa shape index (κ2) is 17.0. The van der Waals surface area contributed by atoms with Crippen molar-refractivity contribution in [2.75, 3.05) is 39.4 Å². The summed E-state index contributed by atoms with van der Waals surface area (Å²) in [6, 6.07) is 13.9. The molecular weight excluding hydrogens is 574 g/mol. The van der Waals surface area contributed by atoms with Crippen LogP contribution in [0.4, 0.5) is 0 Å². The number of aromatic nitrogens is 1. The summed E-state index contributed by atoms with van der Waals surface area (Å²) in [6.45, 7) is 7.87. The standard InChI is InChI=1S/C34H49N5O6/c1-23-13-25(17-35-31(42)21-40)33(44)27(15-23)19-38-9-4-10-39(12-8-30-6-3-5-29(37-30)7-11-38)20-28-16-24(2)14-26(34(28)45)18-36-32(43)22-41/h3,5-6,13-16,31-32,35-36,40-45H,4,7-12,17-22H2,1-2H3. The van der Waals surface area contributed by atoms with Crippen LogP contribution in [0.25, 0.3) is 0 Å². The van der Waals surface area contributed by atoms with Crippen molar-refractivity contribution in [2.45, 2.75) is 71.7 Å². The van der Waals surface area contributed by atoms with Crippen LogP contribution in [0.1, 0.15) is 51.2 Å². The Morgan fingerprint density at radius 2 is 1.11 bits per heavy atom. The molecule has 1 aliphatic heterocycles. The molecule has 1 aromatic heterocycles. The molecule has 1 aliphatic rings. The van der Waals surface area contributed by atoms with Gasteiger partial charge in [-0.25, -0.2) is 0 Å². The van der Waals surface area contributed by atoms with Crippen LogP contribution in [0.5, 0.6) is 11.5 Å². The Balaban J connectivity index is 1.52. The Morgan fingerprint density at radius 3 is 1.53 bits per heavy atom. The van der Waals surface area contributed by atoms with Gasteiger partial charge in [-0.2, -0.15) is 0 Å². The van der Waals surface area contributed by atoms with Crippen molar-refractivity contribution in [3.05, 3.63) is 87.2 Å². The van der Waals surface area contributed by atoms with Crippen LogP contribution in [-0.2, 0) is 39.0 Å². The Bertz CT molecular complexity index is 1290. The number of hydrogen-bond acceptors (Lipinski definition) is 11. The molecule has 2 unspecified atom stereocenters. The number of phenolic OH excluding ortho intramolecular Hbond substituents is 2. The molecule has 4 rings (SSSR count). The SMILES string of the molecule is Cc1cc(CNC(O)CO)c(O)c(CN2CCCN(Cc3cc(C)cc(CNC(O)CO)c3O)CCc3cccc(n3)CC2)c1. The third-order valence-corrected chi connectivity index (χ3v) is 8.20. The quantitative estimate of drug-likeness (QED) is 0.138. The molecule has 0 spiro atoms. The minimum Gasteiger partial charge on any atom is -0.507 e. The Kier molecular flexibility index (Phi) is 13.1. The Hall–Kier alpha value is -3.13. The van der Waals surface area contributed by atoms with E-state index in [1.165, 1.54) is 0 Å². The Labute approximate surface area is 265 Å². The normalized spacial score (nSPS) is 16.6. The number of hydrogen-bond donors (Lipinski definition) is 8. The van der Waals surface area contributed by atoms with Crippen LogP contribution in [0, 0.1) is 13.8 Å². The number of aromatic hydroxyl groups is 2. The molecular formula is C34H49N5O6. The summed E-state index contributed by atoms with van der Waals surface area (Å²) in [4.78, 5) is 9.59. The van der Waals surface area contributed by atoms with Gasteiger partial charge in [-0.3, -0.25) is 25.4 Å². The van der Waals surface area contributed by atoms with E-state index in [1.54, 1.807) is 0 Å². The third-order valence-electron chi connectivity index (χ3n) is 8.20. The summed E-state index contributed by atoms with van der Waals surface area (Å²) in [5.41, 5.74) is 7.04. The lowest BCUT2D eigenvalue weighted by Crippen LogP contribution is -2.33. The van der Waals surface area contributed by atoms with Crippen molar-refractivity contribution in [3.8, 4) is 11.5 Å². The van der Waals surface area contributed by atoms with E-state index in [1.807, 2.05) is 38.1 Å². The molecule has 3 aromatic rings. The molecule has 2 aromatic carbocycles. The first-order chi connectivity index (χ1) is 21.6. The summed E-state index contributed by atoms with van der Waals surface area (Å²) in [7, 11) is 0. The molecule has 2 bridgehead atoms. The average molecular weight is 624 g/mol. The van der Waals surface area contributed by atoms with Crippen LogP contribution in [0.2, 0.25) is 0 Å². The molecule has 246 valence electrons. The van der Waals surface area contributed by atoms with Gasteiger partial charge in [-0.05, 0) is 45.5 Å². The van der Waals surface area contributed by atoms with Gasteiger partial charge in [0.15, 0.2) is 0 Å². The topological polar surface area (TPSA) is 165 Å². The summed E-state index contributed by atoms with van der Waals surface area (Å²) >= 11 is 0. The number of aliphatic hydroxyl groups excluding tert-OH is 4. The van der Waals surface area contributed by atoms with E-state index in [0.29, 0.717) is 24.2 Å². The number of aryl methyl sites for hydroxylation is 2. The molecule has 0 saturated carbocycles. The first-order valence-electron chi connectivity index (χ1n) is 15.7. The number of benzene rings is 2. The van der Waals surface area contributed by atoms with Crippen molar-refractivity contribution in [3.63, 3.8) is 0 Å². The third kappa shape index (κ3) is 10.5. The smallest absolute Gasteiger partial charge is 0.128 e. The molecule has 0 amide bonds. The van der Waals surface area contributed by atoms with Gasteiger partial charge in [0, 0.05) is 85.8 Å². The van der Waals surface area contributed by atoms with Crippen LogP contribution < -0.4 is 10.6 Å². The minimum absolute atomic E-state index is 0.192. The van der Waals surface area contributed by atoms with Crippen LogP contribution in [-0.4, -0.2) is 97.3 Å². The fourth-order valence-corrected chi connectivity index (χ4v) is 5.86. The lowest BCUT2D eigenvalue weighted by Gasteiger charge is -2.28. The fourth-order valence-electron chi connectivity index (χ4n) is 5.86. The van der Waals surface area contributed by atoms with Gasteiger partial charge >= 0.3 is 0 Å². The van der Waals surface area contributed by atoms with Gasteiger partial charge in [-0.15, -0.1) is 0 Å². The van der Waals surface area contributed by atoms with Gasteiger partial charge < -0.3 is 30.6 Å². The second-order valence-corrected chi connectivity index (χ2v) is 12.0. The average Bonchev–Trinajstić information content (AvgIpc) is 3.03. The van der Waals surface area contributed by atoms with Crippen LogP contribution in [0.3, 0.4) is 0 Å². The molecule has 11 heteroatoms. The number of nitrogens with zero attached hydrogens (tertiary/aromatic N) is 3. The zero-order valence-electron chi connectivity index (χ0n) is 26.4. The molecule has 0 fully saturated rings. The van der Waals surface area contributed by atoms with E-state index >= 15 is 0 Å². The number of nitrogens with one attached hydrogen (secondary N) is 2. The maximum atomic E-state index is 11.1. The summed E-state index contributed by atoms with van der Waals surface area (Å²) in [5, 5.41) is 65.7. The molecule has 0 aliphatic carbocycles. The number of fused-ring (bicyclic) bond motifs is 2. The van der Waals surface area contributed by atoms with Crippen LogP contribution >= 0.6 is 0 Å². The number of pyridine rings is 1. The van der Waals surface area contributed by atoms with Gasteiger partial charge in [0.25, 0.3) is 0 Å². The number of aliphatic hydroxyl groups is 4. The molecule has 11 nitrogen and oxygen atoms in total. The monoisotopic (exact) mass is 623 g/mol. The van der Waals surface area contributed by atoms with E-state index in [-0.39, 0.29) is 24.6 Å². The molecule has 2 atom stereocenters. The second-order valence-electron chi connectivity index (χ2n) is 12.0. The maximum absolute atomic E-state index is 11.1. The first-order valence-corrected chi connectivity index (χ1v) is 15.7. The summed E-state index contributed by atoms with van der Waals surface area (Å²) in [5.74, 6) is 0.385. The highest BCUT2D eigenvalue weighted by atomic mass is 16.3. The Morgan fingerprint density at radius 1 is 0.689 bits per heavy atom. The van der Waals surface area contributed by atoms with Gasteiger partial charge in [0.1, 0.15) is 24.0 Å². The minimum atomic E-state index is -1.06. The van der Waals surface area contributed by atoms with Crippen molar-refractivity contribution in [1.82, 2.24) is 25.4 Å². The van der Waals surface area contributed by atoms with E-state index in [9.17, 15) is 20.4 Å². The zero-order valence-corrected chi connectivity index (χ0v) is 26.4. The summed E-state index contributed by atoms with van der Waals surface area (Å²) in [6.07, 6.45) is 0.354. The number of rotatable bonds is 12. The van der Waals surface area contributed by atoms with E-state index in [4.69, 9.17) is 15.2 Å². The van der Waals surface area contributed by atoms with Crippen molar-refractivity contribution >= 4 is 0 Å². The van der Waals surface area contributed by atoms with E-state index in [0.717, 1.165) is 79.1 Å². The van der Waals surface area contributed by atoms with Crippen molar-refractivity contribution in [1.29, 1.82) is 0 Å². The highest BCUT2D eigenvalue weighted by Gasteiger charge is 2.18. The lowest BCUT2D eigenvalue weighted by molar-refractivity contribution is 0.0663. The summed E-state index contributed by atoms with van der Waals surface area (Å²) < 4.78 is 0. The van der Waals surface area contributed by atoms with Crippen molar-refractivity contribution < 1.29 is 30.6 Å². The highest BCUT2D eigenvalue weighted by Crippen LogP contribution is 2.28. The molecule has 2 heterocycles. The van der Waals surface area contributed by atoms with Crippen molar-refractivity contribution in [2.24, 2.45) is 0 Å². The molecule has 8 N–H and O–H groups in total. The van der Waals surface area contributed by atoms with Crippen LogP contribution in [0.15, 0.2) is 42.5 Å². The predicted molar refractivity (Wildman–Crippen MR) is 172 cm³/mol. The molecule has 45 heavy (non-hydrogen) atoms. The predicted octanol–water partition coefficient (Wildman–Crippen LogP) is 1.40. The van der Waals surface area contributed by atoms with Gasteiger partial charge in [0.2, 0.25) is 0 Å². The largest absolute Gasteiger partial charge is 0.507 e. The van der Waals surface area contributed by atoms with Gasteiger partial charge in [-0.1, -0.05) is 41.5 Å². The highest BCUT2D eigenvalue weighted by molar-refractivity contribution is 5.44. The number of phenols is 2. The lowest BCUT2D eigenvalue weighted by atomic mass is 10.0. The van der Waals surface area contributed by atoms with Gasteiger partial charge in [0.05, 0.1) is 13.2 Å². The van der Waals surface area contributed by atoms with E-state index < -0.39 is 25.7 Å². The first kappa shape index (κ1) is 34.7. The maximum Gasteiger partial charge on any atom is 0.128 e. The van der Waals surface area contributed by atoms with E-state index in [2.05, 4.69) is 38.6 Å². The molecule has 0 radical (unpaired) electrons. The molecule has 0 saturated heterocycles.